The number of benzene rings is 1. The summed E-state index contributed by atoms with van der Waals surface area (Å²) in [7, 11) is 2.22. The maximum atomic E-state index is 3.62. The van der Waals surface area contributed by atoms with E-state index in [9.17, 15) is 0 Å². The van der Waals surface area contributed by atoms with Gasteiger partial charge in [0.1, 0.15) is 0 Å². The SMILES string of the molecule is CCC(C)CN(C)Cc1ccc(C(C)CNC2CC2)cc1. The second kappa shape index (κ2) is 7.95. The largest absolute Gasteiger partial charge is 0.313 e. The van der Waals surface area contributed by atoms with Crippen molar-refractivity contribution in [3.05, 3.63) is 35.4 Å². The molecule has 1 N–H and O–H groups in total. The summed E-state index contributed by atoms with van der Waals surface area (Å²) < 4.78 is 0. The fourth-order valence-electron chi connectivity index (χ4n) is 2.74. The first-order chi connectivity index (χ1) is 10.1. The number of rotatable bonds is 9. The Kier molecular flexibility index (Phi) is 6.25. The molecule has 0 aromatic heterocycles. The molecule has 2 atom stereocenters. The van der Waals surface area contributed by atoms with Crippen molar-refractivity contribution in [3.8, 4) is 0 Å². The normalized spacial score (nSPS) is 18.0. The molecule has 0 heterocycles. The molecular weight excluding hydrogens is 256 g/mol. The highest BCUT2D eigenvalue weighted by Gasteiger charge is 2.21. The highest BCUT2D eigenvalue weighted by Crippen LogP contribution is 2.21. The molecule has 118 valence electrons. The maximum Gasteiger partial charge on any atom is 0.0230 e. The average molecular weight is 288 g/mol. The lowest BCUT2D eigenvalue weighted by atomic mass is 9.99. The van der Waals surface area contributed by atoms with E-state index in [1.165, 1.54) is 36.9 Å². The lowest BCUT2D eigenvalue weighted by molar-refractivity contribution is 0.275. The highest BCUT2D eigenvalue weighted by atomic mass is 15.1. The van der Waals surface area contributed by atoms with E-state index in [1.54, 1.807) is 0 Å². The van der Waals surface area contributed by atoms with Crippen LogP contribution in [0.1, 0.15) is 57.1 Å². The molecule has 0 aliphatic heterocycles. The summed E-state index contributed by atoms with van der Waals surface area (Å²) in [6.45, 7) is 10.3. The van der Waals surface area contributed by atoms with E-state index in [0.717, 1.165) is 25.0 Å². The first-order valence-corrected chi connectivity index (χ1v) is 8.59. The van der Waals surface area contributed by atoms with Gasteiger partial charge >= 0.3 is 0 Å². The Morgan fingerprint density at radius 1 is 1.19 bits per heavy atom. The van der Waals surface area contributed by atoms with Gasteiger partial charge in [0, 0.05) is 25.7 Å². The van der Waals surface area contributed by atoms with E-state index in [-0.39, 0.29) is 0 Å². The molecule has 0 spiro atoms. The van der Waals surface area contributed by atoms with Crippen LogP contribution in [0.15, 0.2) is 24.3 Å². The van der Waals surface area contributed by atoms with Crippen LogP contribution in [0.3, 0.4) is 0 Å². The van der Waals surface area contributed by atoms with Crippen molar-refractivity contribution in [2.75, 3.05) is 20.1 Å². The molecule has 1 aliphatic carbocycles. The molecule has 1 fully saturated rings. The van der Waals surface area contributed by atoms with Gasteiger partial charge < -0.3 is 10.2 Å². The van der Waals surface area contributed by atoms with Crippen molar-refractivity contribution >= 4 is 0 Å². The molecule has 1 aromatic rings. The number of hydrogen-bond donors (Lipinski definition) is 1. The highest BCUT2D eigenvalue weighted by molar-refractivity contribution is 5.25. The van der Waals surface area contributed by atoms with Gasteiger partial charge in [0.25, 0.3) is 0 Å². The van der Waals surface area contributed by atoms with E-state index in [0.29, 0.717) is 5.92 Å². The van der Waals surface area contributed by atoms with Gasteiger partial charge in [-0.25, -0.2) is 0 Å². The molecule has 1 aromatic carbocycles. The molecule has 0 saturated heterocycles. The van der Waals surface area contributed by atoms with Crippen molar-refractivity contribution < 1.29 is 0 Å². The summed E-state index contributed by atoms with van der Waals surface area (Å²) in [4.78, 5) is 2.43. The van der Waals surface area contributed by atoms with Gasteiger partial charge in [-0.3, -0.25) is 0 Å². The molecular formula is C19H32N2. The predicted molar refractivity (Wildman–Crippen MR) is 91.7 cm³/mol. The van der Waals surface area contributed by atoms with Crippen molar-refractivity contribution in [1.82, 2.24) is 10.2 Å². The molecule has 0 bridgehead atoms. The second-order valence-corrected chi connectivity index (χ2v) is 7.04. The smallest absolute Gasteiger partial charge is 0.0230 e. The quantitative estimate of drug-likeness (QED) is 0.738. The molecule has 1 saturated carbocycles. The minimum absolute atomic E-state index is 0.609. The topological polar surface area (TPSA) is 15.3 Å². The molecule has 21 heavy (non-hydrogen) atoms. The Morgan fingerprint density at radius 2 is 1.86 bits per heavy atom. The molecule has 2 nitrogen and oxygen atoms in total. The van der Waals surface area contributed by atoms with Crippen LogP contribution in [-0.4, -0.2) is 31.1 Å². The molecule has 2 rings (SSSR count). The van der Waals surface area contributed by atoms with E-state index in [1.807, 2.05) is 0 Å². The Bertz CT molecular complexity index is 408. The lowest BCUT2D eigenvalue weighted by Crippen LogP contribution is -2.24. The third-order valence-corrected chi connectivity index (χ3v) is 4.61. The van der Waals surface area contributed by atoms with Crippen LogP contribution < -0.4 is 5.32 Å². The summed E-state index contributed by atoms with van der Waals surface area (Å²) in [5, 5.41) is 3.62. The summed E-state index contributed by atoms with van der Waals surface area (Å²) in [5.41, 5.74) is 2.88. The van der Waals surface area contributed by atoms with E-state index < -0.39 is 0 Å². The van der Waals surface area contributed by atoms with Crippen LogP contribution in [0.5, 0.6) is 0 Å². The van der Waals surface area contributed by atoms with Crippen LogP contribution in [0.4, 0.5) is 0 Å². The van der Waals surface area contributed by atoms with Crippen molar-refractivity contribution in [1.29, 1.82) is 0 Å². The standard InChI is InChI=1S/C19H32N2/c1-5-15(2)13-21(4)14-17-6-8-18(9-7-17)16(3)12-20-19-10-11-19/h6-9,15-16,19-20H,5,10-14H2,1-4H3. The van der Waals surface area contributed by atoms with E-state index in [4.69, 9.17) is 0 Å². The van der Waals surface area contributed by atoms with Gasteiger partial charge in [0.05, 0.1) is 0 Å². The van der Waals surface area contributed by atoms with Gasteiger partial charge in [-0.05, 0) is 42.9 Å². The van der Waals surface area contributed by atoms with Crippen molar-refractivity contribution in [3.63, 3.8) is 0 Å². The third-order valence-electron chi connectivity index (χ3n) is 4.61. The van der Waals surface area contributed by atoms with Gasteiger partial charge in [-0.2, -0.15) is 0 Å². The maximum absolute atomic E-state index is 3.62. The fourth-order valence-corrected chi connectivity index (χ4v) is 2.74. The zero-order chi connectivity index (χ0) is 15.2. The van der Waals surface area contributed by atoms with Gasteiger partial charge in [-0.1, -0.05) is 51.5 Å². The summed E-state index contributed by atoms with van der Waals surface area (Å²) in [5.74, 6) is 1.39. The molecule has 2 unspecified atom stereocenters. The zero-order valence-corrected chi connectivity index (χ0v) is 14.2. The van der Waals surface area contributed by atoms with Crippen LogP contribution in [0.25, 0.3) is 0 Å². The predicted octanol–water partition coefficient (Wildman–Crippen LogP) is 4.02. The Balaban J connectivity index is 1.80. The monoisotopic (exact) mass is 288 g/mol. The van der Waals surface area contributed by atoms with Gasteiger partial charge in [0.2, 0.25) is 0 Å². The molecule has 1 aliphatic rings. The number of nitrogens with one attached hydrogen (secondary N) is 1. The Labute approximate surface area is 130 Å². The average Bonchev–Trinajstić information content (AvgIpc) is 3.29. The minimum Gasteiger partial charge on any atom is -0.313 e. The number of hydrogen-bond acceptors (Lipinski definition) is 2. The fraction of sp³-hybridized carbons (Fsp3) is 0.684. The first kappa shape index (κ1) is 16.5. The Morgan fingerprint density at radius 3 is 2.43 bits per heavy atom. The second-order valence-electron chi connectivity index (χ2n) is 7.04. The summed E-state index contributed by atoms with van der Waals surface area (Å²) >= 11 is 0. The van der Waals surface area contributed by atoms with Crippen molar-refractivity contribution in [2.24, 2.45) is 5.92 Å². The number of nitrogens with zero attached hydrogens (tertiary/aromatic N) is 1. The first-order valence-electron chi connectivity index (χ1n) is 8.59. The van der Waals surface area contributed by atoms with Gasteiger partial charge in [0.15, 0.2) is 0 Å². The van der Waals surface area contributed by atoms with Crippen LogP contribution in [0, 0.1) is 5.92 Å². The molecule has 0 amide bonds. The lowest BCUT2D eigenvalue weighted by Gasteiger charge is -2.21. The molecule has 0 radical (unpaired) electrons. The van der Waals surface area contributed by atoms with Crippen LogP contribution >= 0.6 is 0 Å². The van der Waals surface area contributed by atoms with Crippen LogP contribution in [-0.2, 0) is 6.54 Å². The summed E-state index contributed by atoms with van der Waals surface area (Å²) in [6, 6.07) is 10.0. The van der Waals surface area contributed by atoms with E-state index in [2.05, 4.69) is 62.3 Å². The minimum atomic E-state index is 0.609. The van der Waals surface area contributed by atoms with E-state index >= 15 is 0 Å². The summed E-state index contributed by atoms with van der Waals surface area (Å²) in [6.07, 6.45) is 4.00. The third kappa shape index (κ3) is 5.80. The molecule has 2 heteroatoms. The Hall–Kier alpha value is -0.860. The van der Waals surface area contributed by atoms with Gasteiger partial charge in [-0.15, -0.1) is 0 Å². The zero-order valence-electron chi connectivity index (χ0n) is 14.2. The van der Waals surface area contributed by atoms with Crippen molar-refractivity contribution in [2.45, 2.75) is 58.5 Å². The van der Waals surface area contributed by atoms with Crippen LogP contribution in [0.2, 0.25) is 0 Å².